The highest BCUT2D eigenvalue weighted by Gasteiger charge is 2.75. The number of carbonyl (C=O) groups excluding carboxylic acids is 2. The molecule has 0 aromatic heterocycles. The number of hydrogen-bond donors (Lipinski definition) is 0. The van der Waals surface area contributed by atoms with Crippen molar-refractivity contribution in [2.45, 2.75) is 63.2 Å². The van der Waals surface area contributed by atoms with E-state index in [1.165, 1.54) is 0 Å². The van der Waals surface area contributed by atoms with Crippen LogP contribution in [0.4, 0.5) is 35.1 Å². The van der Waals surface area contributed by atoms with Crippen molar-refractivity contribution in [3.05, 3.63) is 29.8 Å². The van der Waals surface area contributed by atoms with Crippen LogP contribution in [0.15, 0.2) is 24.3 Å². The molecule has 1 aromatic rings. The van der Waals surface area contributed by atoms with Crippen LogP contribution in [-0.4, -0.2) is 42.7 Å². The summed E-state index contributed by atoms with van der Waals surface area (Å²) in [5.41, 5.74) is 0.735. The van der Waals surface area contributed by atoms with Gasteiger partial charge in [-0.1, -0.05) is 32.0 Å². The molecule has 0 spiro atoms. The molecule has 0 atom stereocenters. The Morgan fingerprint density at radius 3 is 2.03 bits per heavy atom. The minimum absolute atomic E-state index is 0.0382. The molecule has 4 nitrogen and oxygen atoms in total. The van der Waals surface area contributed by atoms with Crippen molar-refractivity contribution >= 4 is 11.9 Å². The summed E-state index contributed by atoms with van der Waals surface area (Å²) in [5.74, 6) is -20.5. The molecule has 1 aromatic carbocycles. The molecule has 0 aliphatic heterocycles. The van der Waals surface area contributed by atoms with E-state index in [0.29, 0.717) is 0 Å². The molecule has 0 unspecified atom stereocenters. The van der Waals surface area contributed by atoms with Crippen LogP contribution in [0, 0.1) is 0 Å². The van der Waals surface area contributed by atoms with Gasteiger partial charge in [0.2, 0.25) is 0 Å². The monoisotopic (exact) mass is 464 g/mol. The van der Waals surface area contributed by atoms with Crippen molar-refractivity contribution in [3.8, 4) is 5.75 Å². The Hall–Kier alpha value is -2.40. The quantitative estimate of drug-likeness (QED) is 0.243. The van der Waals surface area contributed by atoms with E-state index in [4.69, 9.17) is 4.74 Å². The second-order valence-electron chi connectivity index (χ2n) is 6.88. The number of ether oxygens (including phenoxy) is 2. The highest BCUT2D eigenvalue weighted by molar-refractivity contribution is 5.74. The number of para-hydroxylation sites is 1. The largest absolute Gasteiger partial charge is 0.459 e. The maximum Gasteiger partial charge on any atom is 0.381 e. The smallest absolute Gasteiger partial charge is 0.381 e. The molecule has 0 N–H and O–H groups in total. The Bertz CT molecular complexity index is 765. The van der Waals surface area contributed by atoms with Gasteiger partial charge in [0.15, 0.2) is 6.61 Å². The van der Waals surface area contributed by atoms with E-state index >= 15 is 0 Å². The standard InChI is InChI=1S/C19H20F8O4/c1-11(2)12-6-3-4-7-13(12)31-15(29)9-5-8-14(28)30-10-17(22,23)19(26,27)18(24,25)16(20)21/h3-4,6-7,11,16H,5,8-10H2,1-2H3. The lowest BCUT2D eigenvalue weighted by Gasteiger charge is -2.31. The van der Waals surface area contributed by atoms with Crippen LogP contribution in [-0.2, 0) is 14.3 Å². The fourth-order valence-corrected chi connectivity index (χ4v) is 2.32. The van der Waals surface area contributed by atoms with Gasteiger partial charge in [-0.3, -0.25) is 9.59 Å². The van der Waals surface area contributed by atoms with Crippen LogP contribution in [0.5, 0.6) is 5.75 Å². The summed E-state index contributed by atoms with van der Waals surface area (Å²) < 4.78 is 111. The molecule has 0 bridgehead atoms. The highest BCUT2D eigenvalue weighted by atomic mass is 19.4. The second-order valence-corrected chi connectivity index (χ2v) is 6.88. The third-order valence-electron chi connectivity index (χ3n) is 4.09. The molecule has 0 saturated carbocycles. The fourth-order valence-electron chi connectivity index (χ4n) is 2.32. The van der Waals surface area contributed by atoms with Gasteiger partial charge in [0.1, 0.15) is 5.75 Å². The number of esters is 2. The summed E-state index contributed by atoms with van der Waals surface area (Å²) in [4.78, 5) is 23.2. The molecule has 0 amide bonds. The minimum Gasteiger partial charge on any atom is -0.459 e. The third kappa shape index (κ3) is 6.54. The number of alkyl halides is 8. The van der Waals surface area contributed by atoms with Crippen LogP contribution >= 0.6 is 0 Å². The van der Waals surface area contributed by atoms with E-state index in [1.54, 1.807) is 24.3 Å². The Morgan fingerprint density at radius 2 is 1.48 bits per heavy atom. The zero-order valence-corrected chi connectivity index (χ0v) is 16.4. The number of carbonyl (C=O) groups is 2. The molecule has 0 aliphatic carbocycles. The van der Waals surface area contributed by atoms with Gasteiger partial charge in [-0.25, -0.2) is 8.78 Å². The van der Waals surface area contributed by atoms with Crippen molar-refractivity contribution in [2.75, 3.05) is 6.61 Å². The molecule has 12 heteroatoms. The minimum atomic E-state index is -6.46. The fraction of sp³-hybridized carbons (Fsp3) is 0.579. The van der Waals surface area contributed by atoms with Gasteiger partial charge in [0.25, 0.3) is 0 Å². The zero-order valence-electron chi connectivity index (χ0n) is 16.4. The summed E-state index contributed by atoms with van der Waals surface area (Å²) >= 11 is 0. The molecule has 0 fully saturated rings. The lowest BCUT2D eigenvalue weighted by Crippen LogP contribution is -2.59. The van der Waals surface area contributed by atoms with Crippen LogP contribution in [0.1, 0.15) is 44.6 Å². The first kappa shape index (κ1) is 26.6. The molecule has 1 rings (SSSR count). The molecular weight excluding hydrogens is 444 g/mol. The van der Waals surface area contributed by atoms with E-state index in [0.717, 1.165) is 5.56 Å². The molecular formula is C19H20F8O4. The number of rotatable bonds is 11. The van der Waals surface area contributed by atoms with Gasteiger partial charge in [0, 0.05) is 12.8 Å². The van der Waals surface area contributed by atoms with Gasteiger partial charge in [-0.2, -0.15) is 26.3 Å². The Labute approximate surface area is 172 Å². The van der Waals surface area contributed by atoms with Gasteiger partial charge in [0.05, 0.1) is 0 Å². The van der Waals surface area contributed by atoms with E-state index in [-0.39, 0.29) is 24.5 Å². The molecule has 0 saturated heterocycles. The van der Waals surface area contributed by atoms with Gasteiger partial charge in [-0.15, -0.1) is 0 Å². The zero-order chi connectivity index (χ0) is 24.0. The normalized spacial score (nSPS) is 12.9. The second kappa shape index (κ2) is 10.3. The average molecular weight is 464 g/mol. The summed E-state index contributed by atoms with van der Waals surface area (Å²) in [6.07, 6.45) is -6.40. The summed E-state index contributed by atoms with van der Waals surface area (Å²) in [6.45, 7) is 1.19. The first-order valence-corrected chi connectivity index (χ1v) is 9.00. The lowest BCUT2D eigenvalue weighted by molar-refractivity contribution is -0.344. The van der Waals surface area contributed by atoms with Crippen molar-refractivity contribution < 1.29 is 54.2 Å². The van der Waals surface area contributed by atoms with E-state index in [1.807, 2.05) is 13.8 Å². The van der Waals surface area contributed by atoms with Crippen LogP contribution in [0.2, 0.25) is 0 Å². The number of hydrogen-bond acceptors (Lipinski definition) is 4. The molecule has 0 aliphatic rings. The van der Waals surface area contributed by atoms with E-state index < -0.39 is 49.2 Å². The Balaban J connectivity index is 2.53. The molecule has 176 valence electrons. The highest BCUT2D eigenvalue weighted by Crippen LogP contribution is 2.48. The van der Waals surface area contributed by atoms with Crippen LogP contribution in [0.3, 0.4) is 0 Å². The molecule has 0 heterocycles. The Kier molecular flexibility index (Phi) is 8.83. The first-order chi connectivity index (χ1) is 14.1. The first-order valence-electron chi connectivity index (χ1n) is 9.00. The lowest BCUT2D eigenvalue weighted by atomic mass is 10.0. The number of halogens is 8. The van der Waals surface area contributed by atoms with E-state index in [2.05, 4.69) is 4.74 Å². The van der Waals surface area contributed by atoms with Crippen molar-refractivity contribution in [1.82, 2.24) is 0 Å². The van der Waals surface area contributed by atoms with Crippen LogP contribution < -0.4 is 4.74 Å². The molecule has 0 radical (unpaired) electrons. The average Bonchev–Trinajstić information content (AvgIpc) is 2.66. The maximum absolute atomic E-state index is 13.3. The predicted octanol–water partition coefficient (Wildman–Crippen LogP) is 5.60. The van der Waals surface area contributed by atoms with E-state index in [9.17, 15) is 44.7 Å². The topological polar surface area (TPSA) is 52.6 Å². The van der Waals surface area contributed by atoms with Gasteiger partial charge >= 0.3 is 36.1 Å². The van der Waals surface area contributed by atoms with Crippen molar-refractivity contribution in [2.24, 2.45) is 0 Å². The SMILES string of the molecule is CC(C)c1ccccc1OC(=O)CCCC(=O)OCC(F)(F)C(F)(F)C(F)(F)C(F)F. The summed E-state index contributed by atoms with van der Waals surface area (Å²) in [5, 5.41) is 0. The Morgan fingerprint density at radius 1 is 0.935 bits per heavy atom. The van der Waals surface area contributed by atoms with Crippen molar-refractivity contribution in [1.29, 1.82) is 0 Å². The van der Waals surface area contributed by atoms with Crippen molar-refractivity contribution in [3.63, 3.8) is 0 Å². The van der Waals surface area contributed by atoms with Gasteiger partial charge in [-0.05, 0) is 24.0 Å². The van der Waals surface area contributed by atoms with Gasteiger partial charge < -0.3 is 9.47 Å². The maximum atomic E-state index is 13.3. The molecule has 31 heavy (non-hydrogen) atoms. The third-order valence-corrected chi connectivity index (χ3v) is 4.09. The predicted molar refractivity (Wildman–Crippen MR) is 91.8 cm³/mol. The summed E-state index contributed by atoms with van der Waals surface area (Å²) in [6, 6.07) is 6.63. The summed E-state index contributed by atoms with van der Waals surface area (Å²) in [7, 11) is 0. The number of benzene rings is 1. The van der Waals surface area contributed by atoms with Crippen LogP contribution in [0.25, 0.3) is 0 Å².